The number of rotatable bonds is 6. The number of thiazole rings is 1. The summed E-state index contributed by atoms with van der Waals surface area (Å²) in [7, 11) is 0. The molecule has 0 saturated heterocycles. The van der Waals surface area contributed by atoms with Gasteiger partial charge in [0.05, 0.1) is 24.3 Å². The highest BCUT2D eigenvalue weighted by Gasteiger charge is 2.20. The van der Waals surface area contributed by atoms with Crippen LogP contribution >= 0.6 is 11.3 Å². The topological polar surface area (TPSA) is 88.2 Å². The summed E-state index contributed by atoms with van der Waals surface area (Å²) in [6.07, 6.45) is 0.199. The first-order valence-corrected chi connectivity index (χ1v) is 7.98. The third-order valence-corrected chi connectivity index (χ3v) is 4.16. The second-order valence-electron chi connectivity index (χ2n) is 5.77. The van der Waals surface area contributed by atoms with Gasteiger partial charge in [-0.05, 0) is 19.4 Å². The van der Waals surface area contributed by atoms with E-state index in [2.05, 4.69) is 10.3 Å². The lowest BCUT2D eigenvalue weighted by atomic mass is 10.1. The Morgan fingerprint density at radius 3 is 2.82 bits per heavy atom. The summed E-state index contributed by atoms with van der Waals surface area (Å²) in [6.45, 7) is 3.89. The van der Waals surface area contributed by atoms with Crippen molar-refractivity contribution in [3.05, 3.63) is 40.9 Å². The van der Waals surface area contributed by atoms with E-state index >= 15 is 0 Å². The molecule has 0 saturated carbocycles. The van der Waals surface area contributed by atoms with Gasteiger partial charge < -0.3 is 16.2 Å². The lowest BCUT2D eigenvalue weighted by molar-refractivity contribution is -0.122. The third-order valence-electron chi connectivity index (χ3n) is 3.23. The van der Waals surface area contributed by atoms with Crippen molar-refractivity contribution in [2.75, 3.05) is 6.61 Å². The van der Waals surface area contributed by atoms with E-state index < -0.39 is 5.54 Å². The molecule has 0 unspecified atom stereocenters. The summed E-state index contributed by atoms with van der Waals surface area (Å²) in [5.74, 6) is -0.150. The minimum Gasteiger partial charge on any atom is -0.394 e. The normalized spacial score (nSPS) is 11.5. The Morgan fingerprint density at radius 1 is 1.41 bits per heavy atom. The fraction of sp³-hybridized carbons (Fsp3) is 0.375. The Morgan fingerprint density at radius 2 is 2.14 bits per heavy atom. The van der Waals surface area contributed by atoms with E-state index in [0.29, 0.717) is 6.54 Å². The highest BCUT2D eigenvalue weighted by atomic mass is 32.1. The molecule has 5 nitrogen and oxygen atoms in total. The zero-order chi connectivity index (χ0) is 16.2. The minimum atomic E-state index is -0.623. The molecular formula is C16H21N3O2S. The SMILES string of the molecule is CC(C)(CO)NC(=O)Cc1csc(-c2ccccc2CN)n1. The first kappa shape index (κ1) is 16.6. The molecule has 2 rings (SSSR count). The molecule has 22 heavy (non-hydrogen) atoms. The van der Waals surface area contributed by atoms with E-state index in [0.717, 1.165) is 21.8 Å². The Labute approximate surface area is 134 Å². The monoisotopic (exact) mass is 319 g/mol. The molecule has 1 amide bonds. The molecule has 4 N–H and O–H groups in total. The molecule has 118 valence electrons. The molecule has 2 aromatic rings. The van der Waals surface area contributed by atoms with Crippen molar-refractivity contribution in [2.45, 2.75) is 32.4 Å². The van der Waals surface area contributed by atoms with Gasteiger partial charge in [-0.2, -0.15) is 0 Å². The number of carbonyl (C=O) groups is 1. The fourth-order valence-corrected chi connectivity index (χ4v) is 2.92. The summed E-state index contributed by atoms with van der Waals surface area (Å²) < 4.78 is 0. The molecular weight excluding hydrogens is 298 g/mol. The number of nitrogens with zero attached hydrogens (tertiary/aromatic N) is 1. The predicted octanol–water partition coefficient (Wildman–Crippen LogP) is 1.70. The Balaban J connectivity index is 2.10. The molecule has 0 bridgehead atoms. The third kappa shape index (κ3) is 4.13. The number of carbonyl (C=O) groups excluding carboxylic acids is 1. The van der Waals surface area contributed by atoms with Crippen molar-refractivity contribution in [3.8, 4) is 10.6 Å². The standard InChI is InChI=1S/C16H21N3O2S/c1-16(2,10-20)19-14(21)7-12-9-22-15(18-12)13-6-4-3-5-11(13)8-17/h3-6,9,20H,7-8,10,17H2,1-2H3,(H,19,21). The molecule has 1 aromatic carbocycles. The smallest absolute Gasteiger partial charge is 0.226 e. The number of nitrogens with two attached hydrogens (primary N) is 1. The van der Waals surface area contributed by atoms with Crippen LogP contribution in [0.1, 0.15) is 25.1 Å². The maximum Gasteiger partial charge on any atom is 0.226 e. The number of amides is 1. The number of benzene rings is 1. The van der Waals surface area contributed by atoms with Crippen LogP contribution in [0.4, 0.5) is 0 Å². The average Bonchev–Trinajstić information content (AvgIpc) is 2.94. The van der Waals surface area contributed by atoms with Crippen LogP contribution in [0.2, 0.25) is 0 Å². The van der Waals surface area contributed by atoms with Crippen molar-refractivity contribution in [1.29, 1.82) is 0 Å². The lowest BCUT2D eigenvalue weighted by Crippen LogP contribution is -2.46. The molecule has 1 heterocycles. The van der Waals surface area contributed by atoms with E-state index in [1.54, 1.807) is 13.8 Å². The van der Waals surface area contributed by atoms with Gasteiger partial charge in [0.15, 0.2) is 0 Å². The van der Waals surface area contributed by atoms with Crippen molar-refractivity contribution in [1.82, 2.24) is 10.3 Å². The summed E-state index contributed by atoms with van der Waals surface area (Å²) in [6, 6.07) is 7.86. The van der Waals surface area contributed by atoms with Crippen molar-refractivity contribution >= 4 is 17.2 Å². The average molecular weight is 319 g/mol. The zero-order valence-electron chi connectivity index (χ0n) is 12.8. The quantitative estimate of drug-likeness (QED) is 0.756. The van der Waals surface area contributed by atoms with Crippen LogP contribution in [0.25, 0.3) is 10.6 Å². The van der Waals surface area contributed by atoms with Gasteiger partial charge in [-0.3, -0.25) is 4.79 Å². The minimum absolute atomic E-state index is 0.106. The van der Waals surface area contributed by atoms with Gasteiger partial charge >= 0.3 is 0 Å². The molecule has 1 aromatic heterocycles. The highest BCUT2D eigenvalue weighted by molar-refractivity contribution is 7.13. The van der Waals surface area contributed by atoms with E-state index in [1.165, 1.54) is 11.3 Å². The van der Waals surface area contributed by atoms with Crippen LogP contribution in [0.3, 0.4) is 0 Å². The molecule has 0 radical (unpaired) electrons. The lowest BCUT2D eigenvalue weighted by Gasteiger charge is -2.23. The Kier molecular flexibility index (Phi) is 5.28. The van der Waals surface area contributed by atoms with Gasteiger partial charge in [0, 0.05) is 17.5 Å². The van der Waals surface area contributed by atoms with Crippen LogP contribution in [0, 0.1) is 0 Å². The number of hydrogen-bond acceptors (Lipinski definition) is 5. The van der Waals surface area contributed by atoms with Gasteiger partial charge in [-0.1, -0.05) is 24.3 Å². The van der Waals surface area contributed by atoms with Crippen molar-refractivity contribution in [2.24, 2.45) is 5.73 Å². The van der Waals surface area contributed by atoms with Gasteiger partial charge in [-0.15, -0.1) is 11.3 Å². The van der Waals surface area contributed by atoms with Gasteiger partial charge in [0.2, 0.25) is 5.91 Å². The molecule has 0 atom stereocenters. The van der Waals surface area contributed by atoms with Gasteiger partial charge in [-0.25, -0.2) is 4.98 Å². The number of aliphatic hydroxyl groups is 1. The first-order valence-electron chi connectivity index (χ1n) is 7.10. The van der Waals surface area contributed by atoms with E-state index in [9.17, 15) is 9.90 Å². The van der Waals surface area contributed by atoms with Crippen LogP contribution in [-0.2, 0) is 17.8 Å². The molecule has 6 heteroatoms. The second-order valence-corrected chi connectivity index (χ2v) is 6.63. The predicted molar refractivity (Wildman–Crippen MR) is 88.5 cm³/mol. The van der Waals surface area contributed by atoms with Gasteiger partial charge in [0.1, 0.15) is 5.01 Å². The molecule has 0 fully saturated rings. The Bertz CT molecular complexity index is 652. The van der Waals surface area contributed by atoms with Crippen LogP contribution in [0.15, 0.2) is 29.6 Å². The summed E-state index contributed by atoms with van der Waals surface area (Å²) in [4.78, 5) is 16.5. The fourth-order valence-electron chi connectivity index (χ4n) is 2.04. The summed E-state index contributed by atoms with van der Waals surface area (Å²) >= 11 is 1.50. The van der Waals surface area contributed by atoms with Crippen molar-refractivity contribution < 1.29 is 9.90 Å². The molecule has 0 aliphatic rings. The van der Waals surface area contributed by atoms with Crippen molar-refractivity contribution in [3.63, 3.8) is 0 Å². The number of aliphatic hydroxyl groups excluding tert-OH is 1. The van der Waals surface area contributed by atoms with Crippen LogP contribution in [-0.4, -0.2) is 28.1 Å². The van der Waals surface area contributed by atoms with Gasteiger partial charge in [0.25, 0.3) is 0 Å². The molecule has 0 aliphatic heterocycles. The zero-order valence-corrected chi connectivity index (χ0v) is 13.6. The number of hydrogen-bond donors (Lipinski definition) is 3. The van der Waals surface area contributed by atoms with E-state index in [1.807, 2.05) is 29.6 Å². The summed E-state index contributed by atoms with van der Waals surface area (Å²) in [5.41, 5.74) is 7.89. The molecule has 0 aliphatic carbocycles. The van der Waals surface area contributed by atoms with Crippen LogP contribution < -0.4 is 11.1 Å². The first-order chi connectivity index (χ1) is 10.4. The summed E-state index contributed by atoms with van der Waals surface area (Å²) in [5, 5.41) is 14.7. The highest BCUT2D eigenvalue weighted by Crippen LogP contribution is 2.27. The number of nitrogens with one attached hydrogen (secondary N) is 1. The number of aromatic nitrogens is 1. The maximum absolute atomic E-state index is 12.0. The second kappa shape index (κ2) is 7.00. The van der Waals surface area contributed by atoms with Crippen LogP contribution in [0.5, 0.6) is 0 Å². The van der Waals surface area contributed by atoms with E-state index in [4.69, 9.17) is 5.73 Å². The van der Waals surface area contributed by atoms with E-state index in [-0.39, 0.29) is 18.9 Å². The Hall–Kier alpha value is -1.76. The molecule has 0 spiro atoms. The maximum atomic E-state index is 12.0. The largest absolute Gasteiger partial charge is 0.394 e.